The summed E-state index contributed by atoms with van der Waals surface area (Å²) in [5.41, 5.74) is 3.92. The smallest absolute Gasteiger partial charge is 0.0818 e. The molecule has 1 aliphatic carbocycles. The van der Waals surface area contributed by atoms with Gasteiger partial charge in [-0.1, -0.05) is 19.2 Å². The van der Waals surface area contributed by atoms with E-state index in [1.807, 2.05) is 19.9 Å². The van der Waals surface area contributed by atoms with Gasteiger partial charge in [0.15, 0.2) is 0 Å². The summed E-state index contributed by atoms with van der Waals surface area (Å²) in [6, 6.07) is 1.16. The number of hydrogen-bond acceptors (Lipinski definition) is 3. The van der Waals surface area contributed by atoms with Gasteiger partial charge in [-0.3, -0.25) is 0 Å². The third kappa shape index (κ3) is 3.78. The van der Waals surface area contributed by atoms with Crippen LogP contribution in [0.1, 0.15) is 52.9 Å². The highest BCUT2D eigenvalue weighted by Gasteiger charge is 2.23. The maximum absolute atomic E-state index is 4.76. The zero-order valence-electron chi connectivity index (χ0n) is 13.8. The standard InChI is InChI=1S/C18H29N3/c1-6-18(16(5)21-12-8-9-13(21)2)20-15(4)14(3)19-17-10-7-11-17/h6,13,17,19H,3,5,7-12H2,1-2,4H3/b18-6-,20-15?. The van der Waals surface area contributed by atoms with Crippen molar-refractivity contribution in [1.29, 1.82) is 0 Å². The van der Waals surface area contributed by atoms with Crippen LogP contribution in [0.15, 0.2) is 41.3 Å². The number of likely N-dealkylation sites (tertiary alicyclic amines) is 1. The van der Waals surface area contributed by atoms with E-state index in [2.05, 4.69) is 30.3 Å². The Hall–Kier alpha value is -1.51. The molecule has 3 nitrogen and oxygen atoms in total. The van der Waals surface area contributed by atoms with Crippen LogP contribution in [0.4, 0.5) is 0 Å². The largest absolute Gasteiger partial charge is 0.381 e. The lowest BCUT2D eigenvalue weighted by Gasteiger charge is -2.29. The van der Waals surface area contributed by atoms with Crippen LogP contribution >= 0.6 is 0 Å². The van der Waals surface area contributed by atoms with Crippen LogP contribution in [0.3, 0.4) is 0 Å². The van der Waals surface area contributed by atoms with Gasteiger partial charge in [-0.15, -0.1) is 0 Å². The molecule has 0 radical (unpaired) electrons. The van der Waals surface area contributed by atoms with Gasteiger partial charge in [-0.25, -0.2) is 4.99 Å². The minimum absolute atomic E-state index is 0.569. The summed E-state index contributed by atoms with van der Waals surface area (Å²) in [4.78, 5) is 7.13. The van der Waals surface area contributed by atoms with E-state index in [-0.39, 0.29) is 0 Å². The molecule has 0 spiro atoms. The van der Waals surface area contributed by atoms with E-state index in [9.17, 15) is 0 Å². The van der Waals surface area contributed by atoms with E-state index in [1.54, 1.807) is 0 Å². The number of nitrogens with zero attached hydrogens (tertiary/aromatic N) is 2. The lowest BCUT2D eigenvalue weighted by Crippen LogP contribution is -2.36. The predicted octanol–water partition coefficient (Wildman–Crippen LogP) is 4.00. The first-order chi connectivity index (χ1) is 10.0. The van der Waals surface area contributed by atoms with Crippen molar-refractivity contribution in [3.8, 4) is 0 Å². The highest BCUT2D eigenvalue weighted by Crippen LogP contribution is 2.26. The molecule has 1 N–H and O–H groups in total. The second kappa shape index (κ2) is 6.97. The highest BCUT2D eigenvalue weighted by molar-refractivity contribution is 5.98. The van der Waals surface area contributed by atoms with Gasteiger partial charge in [0.1, 0.15) is 0 Å². The summed E-state index contributed by atoms with van der Waals surface area (Å²) >= 11 is 0. The number of rotatable bonds is 6. The minimum atomic E-state index is 0.569. The first kappa shape index (κ1) is 15.9. The van der Waals surface area contributed by atoms with Crippen molar-refractivity contribution in [3.63, 3.8) is 0 Å². The van der Waals surface area contributed by atoms with Crippen molar-refractivity contribution in [2.45, 2.75) is 65.0 Å². The maximum Gasteiger partial charge on any atom is 0.0818 e. The number of hydrogen-bond donors (Lipinski definition) is 1. The molecule has 1 heterocycles. The van der Waals surface area contributed by atoms with Crippen molar-refractivity contribution in [2.24, 2.45) is 4.99 Å². The molecular weight excluding hydrogens is 258 g/mol. The van der Waals surface area contributed by atoms with Gasteiger partial charge < -0.3 is 10.2 Å². The maximum atomic E-state index is 4.76. The molecule has 116 valence electrons. The van der Waals surface area contributed by atoms with E-state index in [0.29, 0.717) is 12.1 Å². The zero-order chi connectivity index (χ0) is 15.4. The second-order valence-electron chi connectivity index (χ2n) is 6.25. The Morgan fingerprint density at radius 1 is 1.24 bits per heavy atom. The highest BCUT2D eigenvalue weighted by atomic mass is 15.2. The fraction of sp³-hybridized carbons (Fsp3) is 0.611. The van der Waals surface area contributed by atoms with Gasteiger partial charge in [-0.2, -0.15) is 0 Å². The summed E-state index contributed by atoms with van der Waals surface area (Å²) in [5.74, 6) is 0. The molecule has 1 aliphatic heterocycles. The minimum Gasteiger partial charge on any atom is -0.381 e. The first-order valence-corrected chi connectivity index (χ1v) is 8.16. The summed E-state index contributed by atoms with van der Waals surface area (Å²) in [7, 11) is 0. The van der Waals surface area contributed by atoms with Crippen molar-refractivity contribution < 1.29 is 0 Å². The number of allylic oxidation sites excluding steroid dienone is 2. The molecule has 1 saturated heterocycles. The molecule has 2 aliphatic rings. The summed E-state index contributed by atoms with van der Waals surface area (Å²) in [6.45, 7) is 15.8. The quantitative estimate of drug-likeness (QED) is 0.590. The zero-order valence-corrected chi connectivity index (χ0v) is 13.8. The van der Waals surface area contributed by atoms with E-state index >= 15 is 0 Å². The van der Waals surface area contributed by atoms with E-state index in [4.69, 9.17) is 4.99 Å². The van der Waals surface area contributed by atoms with Crippen molar-refractivity contribution >= 4 is 5.71 Å². The van der Waals surface area contributed by atoms with Crippen molar-refractivity contribution in [2.75, 3.05) is 6.54 Å². The Balaban J connectivity index is 2.01. The van der Waals surface area contributed by atoms with Crippen LogP contribution in [0.2, 0.25) is 0 Å². The normalized spacial score (nSPS) is 24.0. The van der Waals surface area contributed by atoms with Gasteiger partial charge in [0.2, 0.25) is 0 Å². The van der Waals surface area contributed by atoms with Gasteiger partial charge in [0.05, 0.1) is 17.1 Å². The molecule has 0 amide bonds. The summed E-state index contributed by atoms with van der Waals surface area (Å²) in [6.07, 6.45) is 8.37. The van der Waals surface area contributed by atoms with Gasteiger partial charge in [0.25, 0.3) is 0 Å². The Kier molecular flexibility index (Phi) is 5.27. The molecule has 2 fully saturated rings. The van der Waals surface area contributed by atoms with Gasteiger partial charge in [-0.05, 0) is 52.9 Å². The molecule has 2 rings (SSSR count). The van der Waals surface area contributed by atoms with Gasteiger partial charge in [0, 0.05) is 24.3 Å². The molecule has 1 atom stereocenters. The second-order valence-corrected chi connectivity index (χ2v) is 6.25. The molecule has 3 heteroatoms. The average Bonchev–Trinajstić information content (AvgIpc) is 2.85. The third-order valence-corrected chi connectivity index (χ3v) is 4.68. The van der Waals surface area contributed by atoms with Crippen LogP contribution in [-0.2, 0) is 0 Å². The molecule has 0 aromatic carbocycles. The fourth-order valence-electron chi connectivity index (χ4n) is 2.93. The first-order valence-electron chi connectivity index (χ1n) is 8.16. The Labute approximate surface area is 129 Å². The topological polar surface area (TPSA) is 27.6 Å². The molecule has 1 unspecified atom stereocenters. The van der Waals surface area contributed by atoms with Crippen LogP contribution in [-0.4, -0.2) is 29.2 Å². The summed E-state index contributed by atoms with van der Waals surface area (Å²) in [5, 5.41) is 3.47. The lowest BCUT2D eigenvalue weighted by atomic mass is 9.93. The Morgan fingerprint density at radius 2 is 1.95 bits per heavy atom. The Morgan fingerprint density at radius 3 is 2.43 bits per heavy atom. The molecule has 0 aromatic rings. The van der Waals surface area contributed by atoms with Crippen LogP contribution in [0.5, 0.6) is 0 Å². The van der Waals surface area contributed by atoms with E-state index in [0.717, 1.165) is 29.3 Å². The third-order valence-electron chi connectivity index (χ3n) is 4.68. The molecule has 1 saturated carbocycles. The van der Waals surface area contributed by atoms with E-state index < -0.39 is 0 Å². The van der Waals surface area contributed by atoms with Gasteiger partial charge >= 0.3 is 0 Å². The fourth-order valence-corrected chi connectivity index (χ4v) is 2.93. The molecule has 0 bridgehead atoms. The Bertz CT molecular complexity index is 469. The van der Waals surface area contributed by atoms with E-state index in [1.165, 1.54) is 32.1 Å². The molecular formula is C18H29N3. The predicted molar refractivity (Wildman–Crippen MR) is 91.3 cm³/mol. The number of aliphatic imine (C=N–C) groups is 1. The lowest BCUT2D eigenvalue weighted by molar-refractivity contribution is 0.347. The van der Waals surface area contributed by atoms with Crippen LogP contribution < -0.4 is 5.32 Å². The molecule has 21 heavy (non-hydrogen) atoms. The summed E-state index contributed by atoms with van der Waals surface area (Å²) < 4.78 is 0. The molecule has 0 aromatic heterocycles. The SMILES string of the molecule is C=C(NC1CCC1)C(C)=N/C(=C\C)C(=C)N1CCCC1C. The van der Waals surface area contributed by atoms with Crippen LogP contribution in [0, 0.1) is 0 Å². The van der Waals surface area contributed by atoms with Crippen LogP contribution in [0.25, 0.3) is 0 Å². The van der Waals surface area contributed by atoms with Crippen molar-refractivity contribution in [3.05, 3.63) is 36.3 Å². The van der Waals surface area contributed by atoms with Crippen molar-refractivity contribution in [1.82, 2.24) is 10.2 Å². The monoisotopic (exact) mass is 287 g/mol. The average molecular weight is 287 g/mol. The number of nitrogens with one attached hydrogen (secondary N) is 1.